The highest BCUT2D eigenvalue weighted by Gasteiger charge is 2.24. The van der Waals surface area contributed by atoms with Crippen LogP contribution in [-0.2, 0) is 14.8 Å². The number of nitrogens with zero attached hydrogens (tertiary/aromatic N) is 2. The molecular weight excluding hydrogens is 386 g/mol. The number of piperidine rings is 1. The number of benzene rings is 2. The van der Waals surface area contributed by atoms with Gasteiger partial charge in [0.15, 0.2) is 0 Å². The van der Waals surface area contributed by atoms with Crippen molar-refractivity contribution < 1.29 is 22.9 Å². The van der Waals surface area contributed by atoms with E-state index in [4.69, 9.17) is 4.74 Å². The average molecular weight is 405 g/mol. The summed E-state index contributed by atoms with van der Waals surface area (Å²) in [4.78, 5) is 23.8. The Kier molecular flexibility index (Phi) is 5.50. The van der Waals surface area contributed by atoms with Gasteiger partial charge in [0, 0.05) is 25.1 Å². The summed E-state index contributed by atoms with van der Waals surface area (Å²) < 4.78 is 32.9. The number of non-ortho nitro benzene ring substituents is 1. The number of ether oxygens (including phenoxy) is 1. The molecule has 1 saturated heterocycles. The second-order valence-electron chi connectivity index (χ2n) is 6.25. The van der Waals surface area contributed by atoms with Gasteiger partial charge in [0.05, 0.1) is 28.3 Å². The Morgan fingerprint density at radius 1 is 1.14 bits per heavy atom. The lowest BCUT2D eigenvalue weighted by atomic mass is 10.1. The first-order chi connectivity index (χ1) is 13.3. The molecule has 0 unspecified atom stereocenters. The second kappa shape index (κ2) is 7.85. The molecule has 0 saturated carbocycles. The predicted molar refractivity (Wildman–Crippen MR) is 103 cm³/mol. The van der Waals surface area contributed by atoms with Gasteiger partial charge in [-0.1, -0.05) is 0 Å². The standard InChI is InChI=1S/C18H19N3O6S/c1-27-17-10-5-13(12-16(17)20-11-3-2-4-18(20)22)19-28(25,26)15-8-6-14(7-9-15)21(23)24/h5-10,12,19H,2-4,11H2,1H3. The number of carbonyl (C=O) groups is 1. The lowest BCUT2D eigenvalue weighted by Crippen LogP contribution is -2.35. The number of sulfonamides is 1. The number of methoxy groups -OCH3 is 1. The summed E-state index contributed by atoms with van der Waals surface area (Å²) >= 11 is 0. The summed E-state index contributed by atoms with van der Waals surface area (Å²) in [5.41, 5.74) is 0.554. The predicted octanol–water partition coefficient (Wildman–Crippen LogP) is 2.92. The van der Waals surface area contributed by atoms with E-state index in [1.54, 1.807) is 17.0 Å². The van der Waals surface area contributed by atoms with Gasteiger partial charge in [0.1, 0.15) is 5.75 Å². The number of rotatable bonds is 6. The van der Waals surface area contributed by atoms with Gasteiger partial charge in [-0.05, 0) is 43.2 Å². The molecule has 1 heterocycles. The number of anilines is 2. The van der Waals surface area contributed by atoms with Gasteiger partial charge < -0.3 is 9.64 Å². The van der Waals surface area contributed by atoms with Crippen LogP contribution in [0.15, 0.2) is 47.4 Å². The van der Waals surface area contributed by atoms with Crippen molar-refractivity contribution in [3.63, 3.8) is 0 Å². The molecule has 3 rings (SSSR count). The molecule has 1 aliphatic heterocycles. The maximum Gasteiger partial charge on any atom is 0.269 e. The summed E-state index contributed by atoms with van der Waals surface area (Å²) in [5, 5.41) is 10.7. The number of hydrogen-bond acceptors (Lipinski definition) is 6. The smallest absolute Gasteiger partial charge is 0.269 e. The van der Waals surface area contributed by atoms with Crippen molar-refractivity contribution in [2.24, 2.45) is 0 Å². The van der Waals surface area contributed by atoms with E-state index >= 15 is 0 Å². The van der Waals surface area contributed by atoms with Crippen molar-refractivity contribution in [2.75, 3.05) is 23.3 Å². The molecule has 1 aliphatic rings. The lowest BCUT2D eigenvalue weighted by Gasteiger charge is -2.28. The molecule has 9 nitrogen and oxygen atoms in total. The van der Waals surface area contributed by atoms with Crippen LogP contribution in [0.25, 0.3) is 0 Å². The van der Waals surface area contributed by atoms with Crippen molar-refractivity contribution in [3.8, 4) is 5.75 Å². The van der Waals surface area contributed by atoms with Gasteiger partial charge in [-0.3, -0.25) is 19.6 Å². The normalized spacial score (nSPS) is 14.6. The Hall–Kier alpha value is -3.14. The molecule has 0 spiro atoms. The van der Waals surface area contributed by atoms with Crippen LogP contribution >= 0.6 is 0 Å². The van der Waals surface area contributed by atoms with E-state index in [1.165, 1.54) is 25.3 Å². The monoisotopic (exact) mass is 405 g/mol. The minimum atomic E-state index is -3.95. The maximum atomic E-state index is 12.6. The molecule has 10 heteroatoms. The van der Waals surface area contributed by atoms with Crippen LogP contribution in [0.1, 0.15) is 19.3 Å². The fraction of sp³-hybridized carbons (Fsp3) is 0.278. The van der Waals surface area contributed by atoms with Gasteiger partial charge in [-0.25, -0.2) is 8.42 Å². The molecule has 2 aromatic carbocycles. The van der Waals surface area contributed by atoms with Crippen molar-refractivity contribution in [2.45, 2.75) is 24.2 Å². The first kappa shape index (κ1) is 19.6. The quantitative estimate of drug-likeness (QED) is 0.583. The van der Waals surface area contributed by atoms with Crippen LogP contribution in [0.4, 0.5) is 17.1 Å². The molecule has 1 fully saturated rings. The Morgan fingerprint density at radius 3 is 2.46 bits per heavy atom. The lowest BCUT2D eigenvalue weighted by molar-refractivity contribution is -0.384. The largest absolute Gasteiger partial charge is 0.495 e. The van der Waals surface area contributed by atoms with Crippen molar-refractivity contribution >= 4 is 33.0 Å². The molecule has 148 valence electrons. The number of nitrogens with one attached hydrogen (secondary N) is 1. The zero-order valence-electron chi connectivity index (χ0n) is 15.1. The van der Waals surface area contributed by atoms with E-state index in [9.17, 15) is 23.3 Å². The zero-order valence-corrected chi connectivity index (χ0v) is 15.9. The van der Waals surface area contributed by atoms with Crippen LogP contribution in [0.5, 0.6) is 5.75 Å². The van der Waals surface area contributed by atoms with Gasteiger partial charge >= 0.3 is 0 Å². The van der Waals surface area contributed by atoms with Gasteiger partial charge in [0.25, 0.3) is 15.7 Å². The Balaban J connectivity index is 1.90. The van der Waals surface area contributed by atoms with E-state index in [-0.39, 0.29) is 22.2 Å². The minimum absolute atomic E-state index is 0.0417. The van der Waals surface area contributed by atoms with Gasteiger partial charge in [-0.2, -0.15) is 0 Å². The first-order valence-electron chi connectivity index (χ1n) is 8.57. The fourth-order valence-electron chi connectivity index (χ4n) is 2.99. The molecule has 1 amide bonds. The topological polar surface area (TPSA) is 119 Å². The highest BCUT2D eigenvalue weighted by atomic mass is 32.2. The average Bonchev–Trinajstić information content (AvgIpc) is 2.68. The Labute approximate surface area is 162 Å². The molecule has 0 aliphatic carbocycles. The molecule has 0 atom stereocenters. The second-order valence-corrected chi connectivity index (χ2v) is 7.93. The molecule has 2 aromatic rings. The van der Waals surface area contributed by atoms with Gasteiger partial charge in [-0.15, -0.1) is 0 Å². The fourth-order valence-corrected chi connectivity index (χ4v) is 4.04. The molecule has 1 N–H and O–H groups in total. The third-order valence-corrected chi connectivity index (χ3v) is 5.80. The number of hydrogen-bond donors (Lipinski definition) is 1. The highest BCUT2D eigenvalue weighted by molar-refractivity contribution is 7.92. The van der Waals surface area contributed by atoms with Crippen molar-refractivity contribution in [1.29, 1.82) is 0 Å². The third-order valence-electron chi connectivity index (χ3n) is 4.40. The van der Waals surface area contributed by atoms with Crippen LogP contribution in [-0.4, -0.2) is 32.9 Å². The zero-order chi connectivity index (χ0) is 20.3. The molecule has 28 heavy (non-hydrogen) atoms. The van der Waals surface area contributed by atoms with Crippen molar-refractivity contribution in [1.82, 2.24) is 0 Å². The van der Waals surface area contributed by atoms with E-state index < -0.39 is 14.9 Å². The molecule has 0 radical (unpaired) electrons. The van der Waals surface area contributed by atoms with Crippen LogP contribution < -0.4 is 14.4 Å². The first-order valence-corrected chi connectivity index (χ1v) is 10.1. The number of nitro groups is 1. The minimum Gasteiger partial charge on any atom is -0.495 e. The maximum absolute atomic E-state index is 12.6. The van der Waals surface area contributed by atoms with Crippen LogP contribution in [0, 0.1) is 10.1 Å². The number of carbonyl (C=O) groups excluding carboxylic acids is 1. The molecule has 0 aromatic heterocycles. The number of amides is 1. The van der Waals surface area contributed by atoms with E-state index in [0.29, 0.717) is 24.4 Å². The van der Waals surface area contributed by atoms with E-state index in [0.717, 1.165) is 25.0 Å². The van der Waals surface area contributed by atoms with Crippen LogP contribution in [0.3, 0.4) is 0 Å². The SMILES string of the molecule is COc1ccc(NS(=O)(=O)c2ccc([N+](=O)[O-])cc2)cc1N1CCCCC1=O. The highest BCUT2D eigenvalue weighted by Crippen LogP contribution is 2.34. The molecular formula is C18H19N3O6S. The molecule has 0 bridgehead atoms. The van der Waals surface area contributed by atoms with E-state index in [2.05, 4.69) is 4.72 Å². The third kappa shape index (κ3) is 4.06. The van der Waals surface area contributed by atoms with Gasteiger partial charge in [0.2, 0.25) is 5.91 Å². The van der Waals surface area contributed by atoms with Crippen LogP contribution in [0.2, 0.25) is 0 Å². The number of nitro benzene ring substituents is 1. The summed E-state index contributed by atoms with van der Waals surface area (Å²) in [6.07, 6.45) is 2.11. The Morgan fingerprint density at radius 2 is 1.86 bits per heavy atom. The Bertz CT molecular complexity index is 1000. The summed E-state index contributed by atoms with van der Waals surface area (Å²) in [7, 11) is -2.47. The van der Waals surface area contributed by atoms with E-state index in [1.807, 2.05) is 0 Å². The summed E-state index contributed by atoms with van der Waals surface area (Å²) in [6.45, 7) is 0.535. The summed E-state index contributed by atoms with van der Waals surface area (Å²) in [6, 6.07) is 9.24. The van der Waals surface area contributed by atoms with Crippen molar-refractivity contribution in [3.05, 3.63) is 52.6 Å². The summed E-state index contributed by atoms with van der Waals surface area (Å²) in [5.74, 6) is 0.424.